The molecule has 1 aromatic heterocycles. The summed E-state index contributed by atoms with van der Waals surface area (Å²) in [6.45, 7) is 2.28. The van der Waals surface area contributed by atoms with Crippen LogP contribution in [0.2, 0.25) is 0 Å². The van der Waals surface area contributed by atoms with Crippen molar-refractivity contribution < 1.29 is 4.79 Å². The van der Waals surface area contributed by atoms with Crippen LogP contribution in [0.1, 0.15) is 17.4 Å². The Morgan fingerprint density at radius 2 is 2.18 bits per heavy atom. The van der Waals surface area contributed by atoms with E-state index in [9.17, 15) is 4.79 Å². The zero-order chi connectivity index (χ0) is 12.3. The predicted octanol–water partition coefficient (Wildman–Crippen LogP) is 1.31. The number of hydrogen-bond acceptors (Lipinski definition) is 3. The van der Waals surface area contributed by atoms with E-state index < -0.39 is 0 Å². The van der Waals surface area contributed by atoms with E-state index in [-0.39, 0.29) is 11.9 Å². The van der Waals surface area contributed by atoms with Crippen LogP contribution < -0.4 is 11.1 Å². The molecule has 0 bridgehead atoms. The summed E-state index contributed by atoms with van der Waals surface area (Å²) in [5.74, 6) is -0.181. The van der Waals surface area contributed by atoms with Gasteiger partial charge in [-0.05, 0) is 18.4 Å². The van der Waals surface area contributed by atoms with Crippen LogP contribution >= 0.6 is 0 Å². The molecular formula is C13H15N3O. The normalized spacial score (nSPS) is 12.4. The van der Waals surface area contributed by atoms with Gasteiger partial charge in [0.15, 0.2) is 0 Å². The number of aromatic nitrogens is 1. The van der Waals surface area contributed by atoms with Gasteiger partial charge in [-0.25, -0.2) is 0 Å². The summed E-state index contributed by atoms with van der Waals surface area (Å²) in [5, 5.41) is 4.68. The van der Waals surface area contributed by atoms with Gasteiger partial charge < -0.3 is 11.1 Å². The lowest BCUT2D eigenvalue weighted by Crippen LogP contribution is -2.38. The van der Waals surface area contributed by atoms with Gasteiger partial charge in [0.25, 0.3) is 5.91 Å². The molecule has 0 spiro atoms. The maximum atomic E-state index is 12.0. The minimum absolute atomic E-state index is 0.0525. The third-order valence-electron chi connectivity index (χ3n) is 2.62. The lowest BCUT2D eigenvalue weighted by atomic mass is 10.1. The van der Waals surface area contributed by atoms with Crippen molar-refractivity contribution in [1.29, 1.82) is 0 Å². The van der Waals surface area contributed by atoms with Crippen molar-refractivity contribution in [3.05, 3.63) is 42.2 Å². The Balaban J connectivity index is 2.38. The Kier molecular flexibility index (Phi) is 3.35. The summed E-state index contributed by atoms with van der Waals surface area (Å²) < 4.78 is 0. The molecule has 2 rings (SSSR count). The van der Waals surface area contributed by atoms with Crippen LogP contribution in [0.5, 0.6) is 0 Å². The number of amides is 1. The molecule has 0 aliphatic rings. The minimum atomic E-state index is -0.181. The molecule has 0 saturated carbocycles. The van der Waals surface area contributed by atoms with Crippen LogP contribution in [0.4, 0.5) is 0 Å². The van der Waals surface area contributed by atoms with Gasteiger partial charge in [0.05, 0.1) is 0 Å². The monoisotopic (exact) mass is 229 g/mol. The van der Waals surface area contributed by atoms with Gasteiger partial charge in [0.2, 0.25) is 0 Å². The van der Waals surface area contributed by atoms with Gasteiger partial charge in [0.1, 0.15) is 5.69 Å². The van der Waals surface area contributed by atoms with E-state index in [2.05, 4.69) is 10.3 Å². The van der Waals surface area contributed by atoms with E-state index in [1.807, 2.05) is 37.3 Å². The number of carbonyl (C=O) groups excluding carboxylic acids is 1. The number of fused-ring (bicyclic) bond motifs is 1. The number of pyridine rings is 1. The van der Waals surface area contributed by atoms with Crippen molar-refractivity contribution in [2.45, 2.75) is 13.0 Å². The van der Waals surface area contributed by atoms with Crippen LogP contribution in [-0.2, 0) is 0 Å². The lowest BCUT2D eigenvalue weighted by molar-refractivity contribution is 0.0938. The van der Waals surface area contributed by atoms with Crippen molar-refractivity contribution in [1.82, 2.24) is 10.3 Å². The van der Waals surface area contributed by atoms with E-state index in [0.29, 0.717) is 12.2 Å². The van der Waals surface area contributed by atoms with Crippen molar-refractivity contribution in [2.75, 3.05) is 6.54 Å². The van der Waals surface area contributed by atoms with Gasteiger partial charge in [0, 0.05) is 24.2 Å². The van der Waals surface area contributed by atoms with E-state index in [1.54, 1.807) is 6.20 Å². The maximum Gasteiger partial charge on any atom is 0.270 e. The number of benzene rings is 1. The summed E-state index contributed by atoms with van der Waals surface area (Å²) in [6, 6.07) is 9.52. The molecule has 0 aliphatic carbocycles. The van der Waals surface area contributed by atoms with Crippen LogP contribution in [0.25, 0.3) is 10.8 Å². The van der Waals surface area contributed by atoms with Gasteiger partial charge in [-0.1, -0.05) is 24.3 Å². The Hall–Kier alpha value is -1.94. The summed E-state index contributed by atoms with van der Waals surface area (Å²) in [4.78, 5) is 16.1. The third kappa shape index (κ3) is 2.42. The molecule has 17 heavy (non-hydrogen) atoms. The zero-order valence-corrected chi connectivity index (χ0v) is 9.68. The number of nitrogens with two attached hydrogens (primary N) is 1. The van der Waals surface area contributed by atoms with Gasteiger partial charge >= 0.3 is 0 Å². The molecule has 1 unspecified atom stereocenters. The second-order valence-corrected chi connectivity index (χ2v) is 3.99. The highest BCUT2D eigenvalue weighted by molar-refractivity contribution is 6.05. The molecule has 0 saturated heterocycles. The molecule has 4 nitrogen and oxygen atoms in total. The maximum absolute atomic E-state index is 12.0. The van der Waals surface area contributed by atoms with Crippen molar-refractivity contribution >= 4 is 16.7 Å². The average molecular weight is 229 g/mol. The van der Waals surface area contributed by atoms with Crippen molar-refractivity contribution in [3.63, 3.8) is 0 Å². The first-order valence-electron chi connectivity index (χ1n) is 5.57. The van der Waals surface area contributed by atoms with Gasteiger partial charge in [-0.2, -0.15) is 0 Å². The first-order chi connectivity index (χ1) is 8.22. The molecule has 2 aromatic rings. The number of nitrogens with one attached hydrogen (secondary N) is 1. The summed E-state index contributed by atoms with van der Waals surface area (Å²) in [7, 11) is 0. The second-order valence-electron chi connectivity index (χ2n) is 3.99. The SMILES string of the molecule is CC(CN)NC(=O)c1nccc2ccccc12. The molecule has 1 amide bonds. The Morgan fingerprint density at radius 3 is 2.94 bits per heavy atom. The van der Waals surface area contributed by atoms with Gasteiger partial charge in [-0.3, -0.25) is 9.78 Å². The van der Waals surface area contributed by atoms with E-state index in [4.69, 9.17) is 5.73 Å². The van der Waals surface area contributed by atoms with E-state index in [0.717, 1.165) is 10.8 Å². The quantitative estimate of drug-likeness (QED) is 0.833. The molecule has 1 atom stereocenters. The van der Waals surface area contributed by atoms with Crippen LogP contribution in [0, 0.1) is 0 Å². The molecule has 88 valence electrons. The molecule has 1 heterocycles. The highest BCUT2D eigenvalue weighted by Gasteiger charge is 2.12. The van der Waals surface area contributed by atoms with Crippen molar-refractivity contribution in [2.24, 2.45) is 5.73 Å². The molecule has 0 fully saturated rings. The first-order valence-corrected chi connectivity index (χ1v) is 5.57. The number of rotatable bonds is 3. The Morgan fingerprint density at radius 1 is 1.41 bits per heavy atom. The molecular weight excluding hydrogens is 214 g/mol. The Labute approximate surface area is 99.8 Å². The zero-order valence-electron chi connectivity index (χ0n) is 9.68. The standard InChI is InChI=1S/C13H15N3O/c1-9(8-14)16-13(17)12-11-5-3-2-4-10(11)6-7-15-12/h2-7,9H,8,14H2,1H3,(H,16,17). The highest BCUT2D eigenvalue weighted by atomic mass is 16.1. The summed E-state index contributed by atoms with van der Waals surface area (Å²) in [6.07, 6.45) is 1.64. The molecule has 1 aromatic carbocycles. The third-order valence-corrected chi connectivity index (χ3v) is 2.62. The first kappa shape index (κ1) is 11.5. The fourth-order valence-corrected chi connectivity index (χ4v) is 1.65. The van der Waals surface area contributed by atoms with Crippen LogP contribution in [0.15, 0.2) is 36.5 Å². The predicted molar refractivity (Wildman–Crippen MR) is 67.7 cm³/mol. The summed E-state index contributed by atoms with van der Waals surface area (Å²) in [5.41, 5.74) is 5.92. The molecule has 3 N–H and O–H groups in total. The Bertz CT molecular complexity index is 534. The smallest absolute Gasteiger partial charge is 0.270 e. The van der Waals surface area contributed by atoms with E-state index >= 15 is 0 Å². The number of hydrogen-bond donors (Lipinski definition) is 2. The summed E-state index contributed by atoms with van der Waals surface area (Å²) >= 11 is 0. The minimum Gasteiger partial charge on any atom is -0.347 e. The fraction of sp³-hybridized carbons (Fsp3) is 0.231. The average Bonchev–Trinajstić information content (AvgIpc) is 2.37. The van der Waals surface area contributed by atoms with Crippen LogP contribution in [0.3, 0.4) is 0 Å². The highest BCUT2D eigenvalue weighted by Crippen LogP contribution is 2.16. The molecule has 4 heteroatoms. The lowest BCUT2D eigenvalue weighted by Gasteiger charge is -2.11. The van der Waals surface area contributed by atoms with Crippen molar-refractivity contribution in [3.8, 4) is 0 Å². The van der Waals surface area contributed by atoms with Crippen LogP contribution in [-0.4, -0.2) is 23.5 Å². The second kappa shape index (κ2) is 4.93. The number of nitrogens with zero attached hydrogens (tertiary/aromatic N) is 1. The molecule has 0 aliphatic heterocycles. The van der Waals surface area contributed by atoms with Gasteiger partial charge in [-0.15, -0.1) is 0 Å². The van der Waals surface area contributed by atoms with E-state index in [1.165, 1.54) is 0 Å². The fourth-order valence-electron chi connectivity index (χ4n) is 1.65. The topological polar surface area (TPSA) is 68.0 Å². The number of carbonyl (C=O) groups is 1. The molecule has 0 radical (unpaired) electrons. The largest absolute Gasteiger partial charge is 0.347 e.